The fourth-order valence-electron chi connectivity index (χ4n) is 0.716. The van der Waals surface area contributed by atoms with Crippen LogP contribution in [0, 0.1) is 0 Å². The van der Waals surface area contributed by atoms with E-state index in [2.05, 4.69) is 4.98 Å². The minimum atomic E-state index is -3.42. The zero-order valence-corrected chi connectivity index (χ0v) is 7.81. The van der Waals surface area contributed by atoms with Crippen LogP contribution in [0.3, 0.4) is 0 Å². The van der Waals surface area contributed by atoms with E-state index in [0.717, 1.165) is 0 Å². The van der Waals surface area contributed by atoms with E-state index in [1.165, 1.54) is 6.20 Å². The Hall–Kier alpha value is -0.650. The van der Waals surface area contributed by atoms with Crippen molar-refractivity contribution in [1.82, 2.24) is 4.98 Å². The average molecular weight is 209 g/mol. The Labute approximate surface area is 77.3 Å². The number of pyridine rings is 1. The van der Waals surface area contributed by atoms with Crippen LogP contribution < -0.4 is 5.14 Å². The first-order chi connectivity index (χ1) is 5.08. The molecule has 0 saturated carbocycles. The van der Waals surface area contributed by atoms with Gasteiger partial charge in [0.25, 0.3) is 0 Å². The molecule has 0 atom stereocenters. The highest BCUT2D eigenvalue weighted by molar-refractivity contribution is 7.88. The monoisotopic (exact) mass is 208 g/mol. The average Bonchev–Trinajstić information content (AvgIpc) is 1.85. The molecule has 0 aliphatic heterocycles. The number of halogens is 1. The number of nitrogens with two attached hydrogens (primary N) is 1. The van der Waals surface area contributed by atoms with E-state index >= 15 is 0 Å². The molecular formula is C6H9ClN2O2S. The maximum Gasteiger partial charge on any atom is 0.213 e. The second-order valence-corrected chi connectivity index (χ2v) is 3.78. The van der Waals surface area contributed by atoms with Crippen LogP contribution in [-0.4, -0.2) is 13.4 Å². The molecule has 12 heavy (non-hydrogen) atoms. The molecule has 1 aromatic heterocycles. The highest BCUT2D eigenvalue weighted by Gasteiger charge is 2.03. The molecule has 1 rings (SSSR count). The summed E-state index contributed by atoms with van der Waals surface area (Å²) in [6.45, 7) is 0. The Bertz CT molecular complexity index is 325. The molecule has 0 saturated heterocycles. The Morgan fingerprint density at radius 1 is 1.50 bits per heavy atom. The van der Waals surface area contributed by atoms with E-state index in [-0.39, 0.29) is 18.2 Å². The fourth-order valence-corrected chi connectivity index (χ4v) is 1.35. The molecule has 0 radical (unpaired) electrons. The molecule has 0 amide bonds. The van der Waals surface area contributed by atoms with Crippen molar-refractivity contribution in [2.75, 3.05) is 0 Å². The third kappa shape index (κ3) is 4.27. The molecule has 1 heterocycles. The summed E-state index contributed by atoms with van der Waals surface area (Å²) >= 11 is 0. The van der Waals surface area contributed by atoms with E-state index in [1.54, 1.807) is 18.3 Å². The lowest BCUT2D eigenvalue weighted by Crippen LogP contribution is -2.14. The van der Waals surface area contributed by atoms with Gasteiger partial charge in [0.2, 0.25) is 10.0 Å². The number of nitrogens with zero attached hydrogens (tertiary/aromatic N) is 1. The van der Waals surface area contributed by atoms with Gasteiger partial charge in [-0.3, -0.25) is 4.98 Å². The first kappa shape index (κ1) is 11.4. The molecule has 68 valence electrons. The van der Waals surface area contributed by atoms with Gasteiger partial charge in [-0.15, -0.1) is 12.4 Å². The molecule has 6 heteroatoms. The van der Waals surface area contributed by atoms with Gasteiger partial charge in [-0.1, -0.05) is 6.07 Å². The summed E-state index contributed by atoms with van der Waals surface area (Å²) in [5.74, 6) is -0.152. The Morgan fingerprint density at radius 3 is 2.58 bits per heavy atom. The van der Waals surface area contributed by atoms with Gasteiger partial charge in [0.1, 0.15) is 0 Å². The molecule has 0 aliphatic rings. The van der Waals surface area contributed by atoms with E-state index in [1.807, 2.05) is 0 Å². The summed E-state index contributed by atoms with van der Waals surface area (Å²) in [6, 6.07) is 3.33. The summed E-state index contributed by atoms with van der Waals surface area (Å²) in [7, 11) is -3.42. The van der Waals surface area contributed by atoms with Crippen LogP contribution in [0.4, 0.5) is 0 Å². The van der Waals surface area contributed by atoms with Crippen LogP contribution in [0.25, 0.3) is 0 Å². The summed E-state index contributed by atoms with van der Waals surface area (Å²) < 4.78 is 21.1. The fraction of sp³-hybridized carbons (Fsp3) is 0.167. The molecule has 0 spiro atoms. The van der Waals surface area contributed by atoms with Gasteiger partial charge in [0.15, 0.2) is 0 Å². The van der Waals surface area contributed by atoms with Crippen molar-refractivity contribution in [1.29, 1.82) is 0 Å². The van der Waals surface area contributed by atoms with Gasteiger partial charge in [-0.05, 0) is 11.6 Å². The molecule has 0 unspecified atom stereocenters. The zero-order chi connectivity index (χ0) is 8.32. The van der Waals surface area contributed by atoms with E-state index in [4.69, 9.17) is 5.14 Å². The second kappa shape index (κ2) is 4.39. The topological polar surface area (TPSA) is 73.1 Å². The van der Waals surface area contributed by atoms with Gasteiger partial charge >= 0.3 is 0 Å². The number of sulfonamides is 1. The Balaban J connectivity index is 0.00000121. The largest absolute Gasteiger partial charge is 0.264 e. The summed E-state index contributed by atoms with van der Waals surface area (Å²) in [6.07, 6.45) is 3.05. The first-order valence-corrected chi connectivity index (χ1v) is 4.69. The normalized spacial score (nSPS) is 10.4. The number of hydrogen-bond donors (Lipinski definition) is 1. The summed E-state index contributed by atoms with van der Waals surface area (Å²) in [5.41, 5.74) is 0.606. The number of rotatable bonds is 2. The summed E-state index contributed by atoms with van der Waals surface area (Å²) in [4.78, 5) is 3.75. The van der Waals surface area contributed by atoms with Crippen LogP contribution in [0.5, 0.6) is 0 Å². The maximum absolute atomic E-state index is 10.6. The quantitative estimate of drug-likeness (QED) is 0.760. The molecule has 4 nitrogen and oxygen atoms in total. The smallest absolute Gasteiger partial charge is 0.213 e. The van der Waals surface area contributed by atoms with Crippen LogP contribution in [-0.2, 0) is 15.8 Å². The molecule has 2 N–H and O–H groups in total. The number of hydrogen-bond acceptors (Lipinski definition) is 3. The van der Waals surface area contributed by atoms with Crippen molar-refractivity contribution in [3.8, 4) is 0 Å². The predicted octanol–water partition coefficient (Wildman–Crippen LogP) is 0.292. The van der Waals surface area contributed by atoms with Gasteiger partial charge < -0.3 is 0 Å². The molecule has 0 aromatic carbocycles. The minimum Gasteiger partial charge on any atom is -0.264 e. The van der Waals surface area contributed by atoms with Crippen molar-refractivity contribution in [3.05, 3.63) is 30.1 Å². The van der Waals surface area contributed by atoms with E-state index in [9.17, 15) is 8.42 Å². The predicted molar refractivity (Wildman–Crippen MR) is 48.3 cm³/mol. The van der Waals surface area contributed by atoms with Crippen LogP contribution in [0.2, 0.25) is 0 Å². The molecule has 0 bridgehead atoms. The van der Waals surface area contributed by atoms with Crippen molar-refractivity contribution in [3.63, 3.8) is 0 Å². The van der Waals surface area contributed by atoms with Gasteiger partial charge in [0, 0.05) is 12.4 Å². The van der Waals surface area contributed by atoms with Crippen LogP contribution in [0.15, 0.2) is 24.5 Å². The van der Waals surface area contributed by atoms with Crippen LogP contribution in [0.1, 0.15) is 5.56 Å². The second-order valence-electron chi connectivity index (χ2n) is 2.17. The minimum absolute atomic E-state index is 0. The third-order valence-corrected chi connectivity index (χ3v) is 1.83. The standard InChI is InChI=1S/C6H8N2O2S.ClH/c7-11(9,10)5-6-2-1-3-8-4-6;/h1-4H,5H2,(H2,7,9,10);1H. The lowest BCUT2D eigenvalue weighted by atomic mass is 10.3. The summed E-state index contributed by atoms with van der Waals surface area (Å²) in [5, 5.41) is 4.81. The van der Waals surface area contributed by atoms with Crippen molar-refractivity contribution in [2.24, 2.45) is 5.14 Å². The number of primary sulfonamides is 1. The van der Waals surface area contributed by atoms with Crippen molar-refractivity contribution >= 4 is 22.4 Å². The maximum atomic E-state index is 10.6. The lowest BCUT2D eigenvalue weighted by Gasteiger charge is -1.95. The van der Waals surface area contributed by atoms with Crippen LogP contribution >= 0.6 is 12.4 Å². The number of aromatic nitrogens is 1. The molecule has 1 aromatic rings. The highest BCUT2D eigenvalue weighted by atomic mass is 35.5. The van der Waals surface area contributed by atoms with E-state index in [0.29, 0.717) is 5.56 Å². The first-order valence-electron chi connectivity index (χ1n) is 2.97. The van der Waals surface area contributed by atoms with Gasteiger partial charge in [-0.2, -0.15) is 0 Å². The van der Waals surface area contributed by atoms with Crippen molar-refractivity contribution in [2.45, 2.75) is 5.75 Å². The Morgan fingerprint density at radius 2 is 2.17 bits per heavy atom. The SMILES string of the molecule is Cl.NS(=O)(=O)Cc1cccnc1. The zero-order valence-electron chi connectivity index (χ0n) is 6.17. The van der Waals surface area contributed by atoms with Crippen molar-refractivity contribution < 1.29 is 8.42 Å². The van der Waals surface area contributed by atoms with E-state index < -0.39 is 10.0 Å². The molecule has 0 aliphatic carbocycles. The third-order valence-electron chi connectivity index (χ3n) is 1.09. The lowest BCUT2D eigenvalue weighted by molar-refractivity contribution is 0.597. The highest BCUT2D eigenvalue weighted by Crippen LogP contribution is 1.99. The Kier molecular flexibility index (Phi) is 4.16. The van der Waals surface area contributed by atoms with Gasteiger partial charge in [0.05, 0.1) is 5.75 Å². The molecule has 0 fully saturated rings. The molecular weight excluding hydrogens is 200 g/mol. The van der Waals surface area contributed by atoms with Gasteiger partial charge in [-0.25, -0.2) is 13.6 Å².